The van der Waals surface area contributed by atoms with Crippen LogP contribution in [-0.4, -0.2) is 62.5 Å². The molecule has 2 aliphatic rings. The molecule has 2 aromatic rings. The molecule has 0 spiro atoms. The lowest BCUT2D eigenvalue weighted by Gasteiger charge is -2.49. The van der Waals surface area contributed by atoms with Crippen molar-refractivity contribution in [2.24, 2.45) is 0 Å². The van der Waals surface area contributed by atoms with Gasteiger partial charge in [-0.15, -0.1) is 0 Å². The molecule has 0 N–H and O–H groups in total. The summed E-state index contributed by atoms with van der Waals surface area (Å²) in [5, 5.41) is 4.10. The number of benzene rings is 1. The Balaban J connectivity index is 1.51. The van der Waals surface area contributed by atoms with Crippen LogP contribution in [0.4, 0.5) is 13.2 Å². The lowest BCUT2D eigenvalue weighted by Crippen LogP contribution is -2.64. The van der Waals surface area contributed by atoms with Crippen molar-refractivity contribution in [3.8, 4) is 0 Å². The normalized spacial score (nSPS) is 20.7. The monoisotopic (exact) mass is 462 g/mol. The van der Waals surface area contributed by atoms with E-state index in [1.165, 1.54) is 26.6 Å². The second kappa shape index (κ2) is 8.31. The Morgan fingerprint density at radius 1 is 1.21 bits per heavy atom. The minimum absolute atomic E-state index is 0.0551. The summed E-state index contributed by atoms with van der Waals surface area (Å²) in [5.74, 6) is -4.59. The zero-order valence-electron chi connectivity index (χ0n) is 18.6. The Bertz CT molecular complexity index is 1170. The fourth-order valence-corrected chi connectivity index (χ4v) is 4.47. The van der Waals surface area contributed by atoms with Crippen molar-refractivity contribution in [2.45, 2.75) is 58.2 Å². The van der Waals surface area contributed by atoms with E-state index in [0.717, 1.165) is 11.6 Å². The molecule has 7 nitrogen and oxygen atoms in total. The molecule has 33 heavy (non-hydrogen) atoms. The molecule has 1 aromatic carbocycles. The summed E-state index contributed by atoms with van der Waals surface area (Å²) in [5.41, 5.74) is 1.33. The number of rotatable bonds is 4. The fraction of sp³-hybridized carbons (Fsp3) is 0.478. The molecule has 1 atom stereocenters. The summed E-state index contributed by atoms with van der Waals surface area (Å²) in [6.07, 6.45) is 0.815. The summed E-state index contributed by atoms with van der Waals surface area (Å²) in [4.78, 5) is 40.8. The molecular weight excluding hydrogens is 437 g/mol. The van der Waals surface area contributed by atoms with Gasteiger partial charge in [-0.3, -0.25) is 14.4 Å². The standard InChI is InChI=1S/C23H25F3N4O3/c1-13-9-27-29(21(32)15(13)3)11-16-4-5-19(24)18(6-16)22(33)28-10-14(2)30(20(31)12-28)17-7-23(25,26)8-17/h4-6,9,14,17H,7-8,10-12H2,1-3H3/t14-/m1/s1. The molecule has 1 saturated heterocycles. The van der Waals surface area contributed by atoms with Crippen molar-refractivity contribution in [1.82, 2.24) is 19.6 Å². The SMILES string of the molecule is Cc1cnn(Cc2ccc(F)c(C(=O)N3CC(=O)N(C4CC(F)(F)C4)[C@H](C)C3)c2)c(=O)c1C. The number of halogens is 3. The third-order valence-corrected chi connectivity index (χ3v) is 6.45. The highest BCUT2D eigenvalue weighted by Crippen LogP contribution is 2.41. The highest BCUT2D eigenvalue weighted by atomic mass is 19.3. The van der Waals surface area contributed by atoms with E-state index in [-0.39, 0.29) is 43.6 Å². The topological polar surface area (TPSA) is 75.5 Å². The van der Waals surface area contributed by atoms with Gasteiger partial charge in [-0.1, -0.05) is 6.07 Å². The molecule has 2 heterocycles. The first-order chi connectivity index (χ1) is 15.5. The quantitative estimate of drug-likeness (QED) is 0.700. The van der Waals surface area contributed by atoms with Crippen LogP contribution in [-0.2, 0) is 11.3 Å². The number of hydrogen-bond donors (Lipinski definition) is 0. The van der Waals surface area contributed by atoms with Gasteiger partial charge in [0.15, 0.2) is 0 Å². The van der Waals surface area contributed by atoms with Crippen LogP contribution < -0.4 is 5.56 Å². The predicted molar refractivity (Wildman–Crippen MR) is 114 cm³/mol. The van der Waals surface area contributed by atoms with Gasteiger partial charge in [0.25, 0.3) is 17.4 Å². The van der Waals surface area contributed by atoms with E-state index in [0.29, 0.717) is 11.1 Å². The van der Waals surface area contributed by atoms with E-state index in [2.05, 4.69) is 5.10 Å². The van der Waals surface area contributed by atoms with Gasteiger partial charge in [-0.2, -0.15) is 5.10 Å². The second-order valence-electron chi connectivity index (χ2n) is 8.98. The summed E-state index contributed by atoms with van der Waals surface area (Å²) >= 11 is 0. The van der Waals surface area contributed by atoms with Gasteiger partial charge >= 0.3 is 0 Å². The smallest absolute Gasteiger partial charge is 0.270 e. The van der Waals surface area contributed by atoms with Crippen molar-refractivity contribution in [3.63, 3.8) is 0 Å². The molecule has 0 bridgehead atoms. The Morgan fingerprint density at radius 3 is 2.55 bits per heavy atom. The number of nitrogens with zero attached hydrogens (tertiary/aromatic N) is 4. The summed E-state index contributed by atoms with van der Waals surface area (Å²) in [7, 11) is 0. The van der Waals surface area contributed by atoms with Crippen LogP contribution in [0.2, 0.25) is 0 Å². The van der Waals surface area contributed by atoms with E-state index >= 15 is 0 Å². The van der Waals surface area contributed by atoms with E-state index in [1.54, 1.807) is 27.0 Å². The van der Waals surface area contributed by atoms with Gasteiger partial charge in [0.2, 0.25) is 5.91 Å². The number of alkyl halides is 2. The molecule has 1 aliphatic carbocycles. The van der Waals surface area contributed by atoms with Gasteiger partial charge in [0.1, 0.15) is 12.4 Å². The third-order valence-electron chi connectivity index (χ3n) is 6.45. The van der Waals surface area contributed by atoms with Crippen molar-refractivity contribution < 1.29 is 22.8 Å². The molecule has 0 radical (unpaired) electrons. The zero-order valence-corrected chi connectivity index (χ0v) is 18.6. The minimum atomic E-state index is -2.76. The number of aromatic nitrogens is 2. The molecule has 1 saturated carbocycles. The Kier molecular flexibility index (Phi) is 5.79. The Hall–Kier alpha value is -3.17. The number of hydrogen-bond acceptors (Lipinski definition) is 4. The molecule has 2 amide bonds. The average molecular weight is 462 g/mol. The maximum Gasteiger partial charge on any atom is 0.270 e. The molecule has 10 heteroatoms. The maximum absolute atomic E-state index is 14.5. The van der Waals surface area contributed by atoms with Crippen molar-refractivity contribution >= 4 is 11.8 Å². The van der Waals surface area contributed by atoms with Gasteiger partial charge in [0.05, 0.1) is 18.3 Å². The summed E-state index contributed by atoms with van der Waals surface area (Å²) in [6, 6.07) is 2.98. The van der Waals surface area contributed by atoms with E-state index < -0.39 is 35.6 Å². The van der Waals surface area contributed by atoms with E-state index in [9.17, 15) is 27.6 Å². The van der Waals surface area contributed by atoms with Crippen molar-refractivity contribution in [1.29, 1.82) is 0 Å². The fourth-order valence-electron chi connectivity index (χ4n) is 4.47. The molecule has 0 unspecified atom stereocenters. The molecule has 176 valence electrons. The van der Waals surface area contributed by atoms with Crippen LogP contribution in [0.25, 0.3) is 0 Å². The predicted octanol–water partition coefficient (Wildman–Crippen LogP) is 2.52. The molecule has 2 fully saturated rings. The maximum atomic E-state index is 14.5. The largest absolute Gasteiger partial charge is 0.333 e. The second-order valence-corrected chi connectivity index (χ2v) is 8.98. The molecule has 1 aromatic heterocycles. The van der Waals surface area contributed by atoms with Gasteiger partial charge in [-0.05, 0) is 44.0 Å². The van der Waals surface area contributed by atoms with Crippen LogP contribution >= 0.6 is 0 Å². The molecule has 4 rings (SSSR count). The third kappa shape index (κ3) is 4.38. The van der Waals surface area contributed by atoms with Crippen LogP contribution in [0.1, 0.15) is 46.8 Å². The van der Waals surface area contributed by atoms with Crippen molar-refractivity contribution in [3.05, 3.63) is 62.8 Å². The van der Waals surface area contributed by atoms with Gasteiger partial charge in [0, 0.05) is 37.0 Å². The minimum Gasteiger partial charge on any atom is -0.333 e. The Morgan fingerprint density at radius 2 is 1.91 bits per heavy atom. The number of aryl methyl sites for hydroxylation is 1. The summed E-state index contributed by atoms with van der Waals surface area (Å²) < 4.78 is 42.3. The number of piperazine rings is 1. The lowest BCUT2D eigenvalue weighted by molar-refractivity contribution is -0.163. The van der Waals surface area contributed by atoms with Crippen LogP contribution in [0.15, 0.2) is 29.2 Å². The number of carbonyl (C=O) groups is 2. The zero-order chi connectivity index (χ0) is 24.1. The van der Waals surface area contributed by atoms with Gasteiger partial charge in [-0.25, -0.2) is 17.9 Å². The van der Waals surface area contributed by atoms with Crippen LogP contribution in [0.5, 0.6) is 0 Å². The first-order valence-corrected chi connectivity index (χ1v) is 10.8. The number of carbonyl (C=O) groups excluding carboxylic acids is 2. The van der Waals surface area contributed by atoms with Crippen LogP contribution in [0.3, 0.4) is 0 Å². The van der Waals surface area contributed by atoms with E-state index in [1.807, 2.05) is 0 Å². The summed E-state index contributed by atoms with van der Waals surface area (Å²) in [6.45, 7) is 5.04. The highest BCUT2D eigenvalue weighted by Gasteiger charge is 2.51. The van der Waals surface area contributed by atoms with E-state index in [4.69, 9.17) is 0 Å². The first-order valence-electron chi connectivity index (χ1n) is 10.8. The lowest BCUT2D eigenvalue weighted by atomic mass is 9.85. The Labute approximate surface area is 188 Å². The first kappa shape index (κ1) is 23.0. The van der Waals surface area contributed by atoms with Crippen LogP contribution in [0, 0.1) is 19.7 Å². The number of amides is 2. The van der Waals surface area contributed by atoms with Gasteiger partial charge < -0.3 is 9.80 Å². The average Bonchev–Trinajstić information content (AvgIpc) is 2.73. The van der Waals surface area contributed by atoms with Crippen molar-refractivity contribution in [2.75, 3.05) is 13.1 Å². The highest BCUT2D eigenvalue weighted by molar-refractivity contribution is 5.97. The molecule has 1 aliphatic heterocycles. The molecular formula is C23H25F3N4O3.